The summed E-state index contributed by atoms with van der Waals surface area (Å²) in [5.41, 5.74) is -0.421. The molecule has 1 heterocycles. The number of rotatable bonds is 3. The summed E-state index contributed by atoms with van der Waals surface area (Å²) in [5, 5.41) is -0.122. The second-order valence-corrected chi connectivity index (χ2v) is 4.55. The number of hydrogen-bond donors (Lipinski definition) is 0. The lowest BCUT2D eigenvalue weighted by Crippen LogP contribution is -2.08. The average molecular weight is 331 g/mol. The van der Waals surface area contributed by atoms with Crippen LogP contribution in [0.25, 0.3) is 11.4 Å². The van der Waals surface area contributed by atoms with Crippen LogP contribution in [0, 0.1) is 0 Å². The number of esters is 1. The number of benzene rings is 1. The lowest BCUT2D eigenvalue weighted by atomic mass is 10.1. The van der Waals surface area contributed by atoms with Gasteiger partial charge in [-0.3, -0.25) is 0 Å². The molecule has 1 aromatic heterocycles. The molecule has 1 aromatic carbocycles. The molecule has 0 saturated heterocycles. The highest BCUT2D eigenvalue weighted by Gasteiger charge is 2.30. The van der Waals surface area contributed by atoms with Crippen molar-refractivity contribution in [3.05, 3.63) is 46.7 Å². The Labute approximate surface area is 128 Å². The summed E-state index contributed by atoms with van der Waals surface area (Å²) in [6, 6.07) is 4.31. The SMILES string of the molecule is CCOC(=O)c1cnc(-c2ccc(C(F)(F)F)cc2)nc1Cl. The third kappa shape index (κ3) is 3.54. The van der Waals surface area contributed by atoms with Crippen LogP contribution in [0.2, 0.25) is 5.15 Å². The van der Waals surface area contributed by atoms with Gasteiger partial charge in [0, 0.05) is 11.8 Å². The standard InChI is InChI=1S/C14H10ClF3N2O2/c1-2-22-13(21)10-7-19-12(20-11(10)15)8-3-5-9(6-4-8)14(16,17)18/h3-7H,2H2,1H3. The van der Waals surface area contributed by atoms with E-state index in [1.54, 1.807) is 6.92 Å². The molecular formula is C14H10ClF3N2O2. The van der Waals surface area contributed by atoms with Crippen LogP contribution in [0.1, 0.15) is 22.8 Å². The lowest BCUT2D eigenvalue weighted by Gasteiger charge is -2.08. The van der Waals surface area contributed by atoms with Gasteiger partial charge in [-0.25, -0.2) is 14.8 Å². The highest BCUT2D eigenvalue weighted by atomic mass is 35.5. The van der Waals surface area contributed by atoms with Gasteiger partial charge in [0.15, 0.2) is 5.82 Å². The molecule has 2 aromatic rings. The summed E-state index contributed by atoms with van der Waals surface area (Å²) in [4.78, 5) is 19.4. The van der Waals surface area contributed by atoms with Gasteiger partial charge in [0.05, 0.1) is 12.2 Å². The van der Waals surface area contributed by atoms with Crippen molar-refractivity contribution < 1.29 is 22.7 Å². The van der Waals surface area contributed by atoms with E-state index in [9.17, 15) is 18.0 Å². The molecule has 0 saturated carbocycles. The van der Waals surface area contributed by atoms with Gasteiger partial charge >= 0.3 is 12.1 Å². The molecule has 0 fully saturated rings. The second-order valence-electron chi connectivity index (χ2n) is 4.19. The predicted molar refractivity (Wildman–Crippen MR) is 73.4 cm³/mol. The first-order chi connectivity index (χ1) is 10.3. The van der Waals surface area contributed by atoms with Crippen LogP contribution in [-0.4, -0.2) is 22.5 Å². The Morgan fingerprint density at radius 2 is 1.91 bits per heavy atom. The number of halogens is 4. The van der Waals surface area contributed by atoms with Crippen molar-refractivity contribution in [1.82, 2.24) is 9.97 Å². The normalized spacial score (nSPS) is 11.3. The summed E-state index contributed by atoms with van der Waals surface area (Å²) >= 11 is 5.88. The molecule has 0 aliphatic carbocycles. The van der Waals surface area contributed by atoms with E-state index in [1.165, 1.54) is 18.3 Å². The van der Waals surface area contributed by atoms with E-state index in [0.717, 1.165) is 12.1 Å². The number of carbonyl (C=O) groups is 1. The number of aromatic nitrogens is 2. The lowest BCUT2D eigenvalue weighted by molar-refractivity contribution is -0.137. The Morgan fingerprint density at radius 3 is 2.41 bits per heavy atom. The van der Waals surface area contributed by atoms with E-state index in [0.29, 0.717) is 5.56 Å². The van der Waals surface area contributed by atoms with E-state index >= 15 is 0 Å². The van der Waals surface area contributed by atoms with Crippen LogP contribution in [0.15, 0.2) is 30.5 Å². The fourth-order valence-corrected chi connectivity index (χ4v) is 1.86. The zero-order valence-corrected chi connectivity index (χ0v) is 12.1. The van der Waals surface area contributed by atoms with Gasteiger partial charge < -0.3 is 4.74 Å². The molecule has 4 nitrogen and oxygen atoms in total. The Balaban J connectivity index is 2.30. The van der Waals surface area contributed by atoms with Crippen LogP contribution in [0.4, 0.5) is 13.2 Å². The molecule has 116 valence electrons. The first-order valence-corrected chi connectivity index (χ1v) is 6.58. The zero-order valence-electron chi connectivity index (χ0n) is 11.3. The molecule has 22 heavy (non-hydrogen) atoms. The molecule has 0 aliphatic heterocycles. The highest BCUT2D eigenvalue weighted by molar-refractivity contribution is 6.32. The number of hydrogen-bond acceptors (Lipinski definition) is 4. The Bertz CT molecular complexity index is 687. The minimum absolute atomic E-state index is 0.000761. The molecule has 0 aliphatic rings. The van der Waals surface area contributed by atoms with Gasteiger partial charge in [0.2, 0.25) is 0 Å². The summed E-state index contributed by atoms with van der Waals surface area (Å²) < 4.78 is 42.3. The van der Waals surface area contributed by atoms with Crippen molar-refractivity contribution in [3.63, 3.8) is 0 Å². The summed E-state index contributed by atoms with van der Waals surface area (Å²) in [7, 11) is 0. The Morgan fingerprint density at radius 1 is 1.27 bits per heavy atom. The maximum atomic E-state index is 12.5. The molecular weight excluding hydrogens is 321 g/mol. The van der Waals surface area contributed by atoms with Crippen LogP contribution in [-0.2, 0) is 10.9 Å². The topological polar surface area (TPSA) is 52.1 Å². The van der Waals surface area contributed by atoms with Gasteiger partial charge in [-0.2, -0.15) is 13.2 Å². The van der Waals surface area contributed by atoms with Crippen LogP contribution < -0.4 is 0 Å². The molecule has 0 N–H and O–H groups in total. The molecule has 0 atom stereocenters. The smallest absolute Gasteiger partial charge is 0.416 e. The summed E-state index contributed by atoms with van der Waals surface area (Å²) in [6.07, 6.45) is -3.23. The van der Waals surface area contributed by atoms with Crippen molar-refractivity contribution in [2.24, 2.45) is 0 Å². The van der Waals surface area contributed by atoms with E-state index < -0.39 is 17.7 Å². The molecule has 0 unspecified atom stereocenters. The van der Waals surface area contributed by atoms with Gasteiger partial charge in [-0.15, -0.1) is 0 Å². The largest absolute Gasteiger partial charge is 0.462 e. The van der Waals surface area contributed by atoms with Gasteiger partial charge in [0.25, 0.3) is 0 Å². The zero-order chi connectivity index (χ0) is 16.3. The summed E-state index contributed by atoms with van der Waals surface area (Å²) in [5.74, 6) is -0.543. The van der Waals surface area contributed by atoms with E-state index in [2.05, 4.69) is 9.97 Å². The van der Waals surface area contributed by atoms with Crippen LogP contribution in [0.5, 0.6) is 0 Å². The molecule has 0 bridgehead atoms. The van der Waals surface area contributed by atoms with Crippen molar-refractivity contribution in [3.8, 4) is 11.4 Å². The summed E-state index contributed by atoms with van der Waals surface area (Å²) in [6.45, 7) is 1.82. The van der Waals surface area contributed by atoms with Gasteiger partial charge in [0.1, 0.15) is 10.7 Å². The van der Waals surface area contributed by atoms with Crippen LogP contribution in [0.3, 0.4) is 0 Å². The minimum Gasteiger partial charge on any atom is -0.462 e. The van der Waals surface area contributed by atoms with Crippen molar-refractivity contribution in [2.75, 3.05) is 6.61 Å². The van der Waals surface area contributed by atoms with Crippen LogP contribution >= 0.6 is 11.6 Å². The maximum absolute atomic E-state index is 12.5. The average Bonchev–Trinajstić information content (AvgIpc) is 2.46. The van der Waals surface area contributed by atoms with Crippen molar-refractivity contribution in [2.45, 2.75) is 13.1 Å². The molecule has 8 heteroatoms. The number of nitrogens with zero attached hydrogens (tertiary/aromatic N) is 2. The highest BCUT2D eigenvalue weighted by Crippen LogP contribution is 2.30. The maximum Gasteiger partial charge on any atom is 0.416 e. The molecule has 0 radical (unpaired) electrons. The minimum atomic E-state index is -4.41. The fraction of sp³-hybridized carbons (Fsp3) is 0.214. The second kappa shape index (κ2) is 6.31. The Kier molecular flexibility index (Phi) is 4.65. The number of carbonyl (C=O) groups excluding carboxylic acids is 1. The molecule has 0 spiro atoms. The molecule has 0 amide bonds. The third-order valence-corrected chi connectivity index (χ3v) is 3.00. The number of ether oxygens (including phenoxy) is 1. The molecule has 2 rings (SSSR count). The van der Waals surface area contributed by atoms with E-state index in [4.69, 9.17) is 16.3 Å². The Hall–Kier alpha value is -2.15. The van der Waals surface area contributed by atoms with Gasteiger partial charge in [-0.05, 0) is 19.1 Å². The first-order valence-electron chi connectivity index (χ1n) is 6.20. The third-order valence-electron chi connectivity index (χ3n) is 2.71. The van der Waals surface area contributed by atoms with E-state index in [-0.39, 0.29) is 23.1 Å². The quantitative estimate of drug-likeness (QED) is 0.630. The monoisotopic (exact) mass is 330 g/mol. The first kappa shape index (κ1) is 16.2. The van der Waals surface area contributed by atoms with E-state index in [1.807, 2.05) is 0 Å². The van der Waals surface area contributed by atoms with Crippen molar-refractivity contribution >= 4 is 17.6 Å². The predicted octanol–water partition coefficient (Wildman–Crippen LogP) is 3.99. The van der Waals surface area contributed by atoms with Crippen molar-refractivity contribution in [1.29, 1.82) is 0 Å². The van der Waals surface area contributed by atoms with Gasteiger partial charge in [-0.1, -0.05) is 23.7 Å². The fourth-order valence-electron chi connectivity index (χ4n) is 1.65. The number of alkyl halides is 3.